The molecule has 7 heteroatoms. The molecule has 5 rings (SSSR count). The van der Waals surface area contributed by atoms with Gasteiger partial charge in [0.15, 0.2) is 11.5 Å². The van der Waals surface area contributed by atoms with E-state index in [1.807, 2.05) is 0 Å². The van der Waals surface area contributed by atoms with Gasteiger partial charge in [-0.15, -0.1) is 0 Å². The van der Waals surface area contributed by atoms with Crippen molar-refractivity contribution in [3.63, 3.8) is 0 Å². The van der Waals surface area contributed by atoms with Gasteiger partial charge in [-0.25, -0.2) is 0 Å². The van der Waals surface area contributed by atoms with Gasteiger partial charge >= 0.3 is 0 Å². The molecule has 1 atom stereocenters. The highest BCUT2D eigenvalue weighted by molar-refractivity contribution is 6.51. The lowest BCUT2D eigenvalue weighted by molar-refractivity contribution is -0.132. The number of nitrogens with zero attached hydrogens (tertiary/aromatic N) is 2. The van der Waals surface area contributed by atoms with Gasteiger partial charge in [0.05, 0.1) is 11.3 Å². The zero-order chi connectivity index (χ0) is 20.7. The van der Waals surface area contributed by atoms with Crippen molar-refractivity contribution in [2.45, 2.75) is 6.04 Å². The molecule has 1 amide bonds. The minimum atomic E-state index is -0.883. The zero-order valence-corrected chi connectivity index (χ0v) is 15.7. The number of aliphatic hydroxyl groups excluding tert-OH is 1. The number of aromatic nitrogens is 1. The molecule has 0 aliphatic carbocycles. The Kier molecular flexibility index (Phi) is 4.21. The van der Waals surface area contributed by atoms with Crippen molar-refractivity contribution in [2.75, 3.05) is 11.7 Å². The summed E-state index contributed by atoms with van der Waals surface area (Å²) < 4.78 is 10.8. The molecule has 0 saturated carbocycles. The summed E-state index contributed by atoms with van der Waals surface area (Å²) in [5.74, 6) is -0.717. The Morgan fingerprint density at radius 1 is 0.967 bits per heavy atom. The van der Waals surface area contributed by atoms with E-state index in [4.69, 9.17) is 9.47 Å². The first-order chi connectivity index (χ1) is 14.6. The topological polar surface area (TPSA) is 89.0 Å². The van der Waals surface area contributed by atoms with Crippen LogP contribution in [-0.4, -0.2) is 28.6 Å². The molecular weight excluding hydrogens is 384 g/mol. The number of rotatable bonds is 3. The molecule has 1 N–H and O–H groups in total. The van der Waals surface area contributed by atoms with Crippen molar-refractivity contribution in [3.05, 3.63) is 89.8 Å². The first-order valence-electron chi connectivity index (χ1n) is 9.32. The Labute approximate surface area is 171 Å². The van der Waals surface area contributed by atoms with E-state index in [1.54, 1.807) is 72.9 Å². The Morgan fingerprint density at radius 3 is 2.50 bits per heavy atom. The first kappa shape index (κ1) is 17.9. The number of benzene rings is 2. The van der Waals surface area contributed by atoms with E-state index < -0.39 is 17.7 Å². The number of Topliss-reactive ketones (excluding diaryl/α,β-unsaturated/α-hetero) is 1. The largest absolute Gasteiger partial charge is 0.507 e. The Hall–Kier alpha value is -4.13. The second-order valence-corrected chi connectivity index (χ2v) is 6.83. The molecule has 3 heterocycles. The molecule has 148 valence electrons. The molecule has 7 nitrogen and oxygen atoms in total. The van der Waals surface area contributed by atoms with E-state index in [1.165, 1.54) is 4.90 Å². The SMILES string of the molecule is O=C1C(=O)N(c2ccc3c(c2)OCO3)C(c2ccccn2)/C1=C(\O)c1ccccc1. The maximum Gasteiger partial charge on any atom is 0.300 e. The summed E-state index contributed by atoms with van der Waals surface area (Å²) in [5, 5.41) is 11.0. The number of amides is 1. The highest BCUT2D eigenvalue weighted by Crippen LogP contribution is 2.44. The van der Waals surface area contributed by atoms with Gasteiger partial charge in [-0.3, -0.25) is 19.5 Å². The van der Waals surface area contributed by atoms with E-state index in [2.05, 4.69) is 4.98 Å². The fourth-order valence-corrected chi connectivity index (χ4v) is 3.70. The summed E-state index contributed by atoms with van der Waals surface area (Å²) in [6, 6.07) is 18.0. The molecule has 0 spiro atoms. The van der Waals surface area contributed by atoms with Crippen LogP contribution < -0.4 is 14.4 Å². The van der Waals surface area contributed by atoms with Crippen LogP contribution in [0.1, 0.15) is 17.3 Å². The second kappa shape index (κ2) is 7.04. The highest BCUT2D eigenvalue weighted by atomic mass is 16.7. The standard InChI is InChI=1S/C23H16N2O5/c26-21(14-6-2-1-3-7-14)19-20(16-8-4-5-11-24-16)25(23(28)22(19)27)15-9-10-17-18(12-15)30-13-29-17/h1-12,20,26H,13H2/b21-19+. The summed E-state index contributed by atoms with van der Waals surface area (Å²) in [6.45, 7) is 0.0925. The molecule has 2 aliphatic heterocycles. The van der Waals surface area contributed by atoms with Crippen LogP contribution in [0.25, 0.3) is 5.76 Å². The third-order valence-electron chi connectivity index (χ3n) is 5.09. The number of carbonyl (C=O) groups excluding carboxylic acids is 2. The summed E-state index contributed by atoms with van der Waals surface area (Å²) in [6.07, 6.45) is 1.58. The van der Waals surface area contributed by atoms with Crippen LogP contribution in [0.15, 0.2) is 78.5 Å². The van der Waals surface area contributed by atoms with Crippen LogP contribution in [0.2, 0.25) is 0 Å². The van der Waals surface area contributed by atoms with Crippen molar-refractivity contribution in [1.82, 2.24) is 4.98 Å². The molecule has 30 heavy (non-hydrogen) atoms. The maximum absolute atomic E-state index is 13.1. The number of fused-ring (bicyclic) bond motifs is 1. The van der Waals surface area contributed by atoms with Crippen LogP contribution in [0.4, 0.5) is 5.69 Å². The molecular formula is C23H16N2O5. The van der Waals surface area contributed by atoms with E-state index >= 15 is 0 Å². The van der Waals surface area contributed by atoms with E-state index in [9.17, 15) is 14.7 Å². The van der Waals surface area contributed by atoms with E-state index in [-0.39, 0.29) is 18.1 Å². The Morgan fingerprint density at radius 2 is 1.73 bits per heavy atom. The van der Waals surface area contributed by atoms with Crippen molar-refractivity contribution in [2.24, 2.45) is 0 Å². The molecule has 2 aliphatic rings. The number of aliphatic hydroxyl groups is 1. The average molecular weight is 400 g/mol. The van der Waals surface area contributed by atoms with Crippen LogP contribution in [0.3, 0.4) is 0 Å². The minimum absolute atomic E-state index is 0.0115. The quantitative estimate of drug-likeness (QED) is 0.412. The maximum atomic E-state index is 13.1. The number of pyridine rings is 1. The van der Waals surface area contributed by atoms with Gasteiger partial charge in [-0.05, 0) is 24.3 Å². The second-order valence-electron chi connectivity index (χ2n) is 6.83. The number of ketones is 1. The smallest absolute Gasteiger partial charge is 0.300 e. The highest BCUT2D eigenvalue weighted by Gasteiger charge is 2.47. The van der Waals surface area contributed by atoms with Gasteiger partial charge in [0.2, 0.25) is 6.79 Å². The number of hydrogen-bond donors (Lipinski definition) is 1. The van der Waals surface area contributed by atoms with Gasteiger partial charge in [0.1, 0.15) is 11.8 Å². The van der Waals surface area contributed by atoms with Gasteiger partial charge in [-0.2, -0.15) is 0 Å². The lowest BCUT2D eigenvalue weighted by atomic mass is 9.98. The molecule has 3 aromatic rings. The lowest BCUT2D eigenvalue weighted by Crippen LogP contribution is -2.29. The molecule has 1 aromatic heterocycles. The Bertz CT molecular complexity index is 1170. The predicted molar refractivity (Wildman–Crippen MR) is 108 cm³/mol. The van der Waals surface area contributed by atoms with Gasteiger partial charge in [0.25, 0.3) is 11.7 Å². The van der Waals surface area contributed by atoms with Crippen molar-refractivity contribution in [3.8, 4) is 11.5 Å². The predicted octanol–water partition coefficient (Wildman–Crippen LogP) is 3.44. The van der Waals surface area contributed by atoms with Gasteiger partial charge in [0, 0.05) is 23.5 Å². The molecule has 0 radical (unpaired) electrons. The average Bonchev–Trinajstić information content (AvgIpc) is 3.36. The van der Waals surface area contributed by atoms with Crippen LogP contribution in [0, 0.1) is 0 Å². The number of anilines is 1. The van der Waals surface area contributed by atoms with E-state index in [0.29, 0.717) is 28.4 Å². The molecule has 1 saturated heterocycles. The lowest BCUT2D eigenvalue weighted by Gasteiger charge is -2.24. The third-order valence-corrected chi connectivity index (χ3v) is 5.09. The summed E-state index contributed by atoms with van der Waals surface area (Å²) in [4.78, 5) is 31.8. The molecule has 2 aromatic carbocycles. The van der Waals surface area contributed by atoms with Crippen LogP contribution in [0.5, 0.6) is 11.5 Å². The fourth-order valence-electron chi connectivity index (χ4n) is 3.70. The summed E-state index contributed by atoms with van der Waals surface area (Å²) in [5.41, 5.74) is 1.35. The number of hydrogen-bond acceptors (Lipinski definition) is 6. The Balaban J connectivity index is 1.71. The van der Waals surface area contributed by atoms with Crippen LogP contribution >= 0.6 is 0 Å². The van der Waals surface area contributed by atoms with Crippen molar-refractivity contribution < 1.29 is 24.2 Å². The summed E-state index contributed by atoms with van der Waals surface area (Å²) in [7, 11) is 0. The van der Waals surface area contributed by atoms with Crippen LogP contribution in [-0.2, 0) is 9.59 Å². The van der Waals surface area contributed by atoms with Gasteiger partial charge in [-0.1, -0.05) is 36.4 Å². The monoisotopic (exact) mass is 400 g/mol. The molecule has 0 bridgehead atoms. The van der Waals surface area contributed by atoms with Crippen molar-refractivity contribution in [1.29, 1.82) is 0 Å². The molecule has 1 fully saturated rings. The zero-order valence-electron chi connectivity index (χ0n) is 15.7. The fraction of sp³-hybridized carbons (Fsp3) is 0.0870. The number of ether oxygens (including phenoxy) is 2. The third kappa shape index (κ3) is 2.79. The molecule has 1 unspecified atom stereocenters. The first-order valence-corrected chi connectivity index (χ1v) is 9.32. The normalized spacial score (nSPS) is 19.3. The summed E-state index contributed by atoms with van der Waals surface area (Å²) >= 11 is 0. The van der Waals surface area contributed by atoms with Gasteiger partial charge < -0.3 is 14.6 Å². The van der Waals surface area contributed by atoms with E-state index in [0.717, 1.165) is 0 Å². The van der Waals surface area contributed by atoms with Crippen molar-refractivity contribution >= 4 is 23.1 Å². The minimum Gasteiger partial charge on any atom is -0.507 e. The number of carbonyl (C=O) groups is 2.